The summed E-state index contributed by atoms with van der Waals surface area (Å²) in [7, 11) is 0. The molecule has 88 valence electrons. The molecule has 3 heteroatoms. The first-order valence-electron chi connectivity index (χ1n) is 6.13. The Hall–Kier alpha value is -2.29. The molecule has 4 rings (SSSR count). The maximum absolute atomic E-state index is 4.56. The molecular formula is C15H13N3. The number of hydrogen-bond donors (Lipinski definition) is 0. The van der Waals surface area contributed by atoms with E-state index in [1.165, 1.54) is 16.9 Å². The lowest BCUT2D eigenvalue weighted by Gasteiger charge is -2.09. The van der Waals surface area contributed by atoms with Crippen molar-refractivity contribution < 1.29 is 0 Å². The third kappa shape index (κ3) is 1.16. The van der Waals surface area contributed by atoms with Crippen LogP contribution in [0.3, 0.4) is 0 Å². The second kappa shape index (κ2) is 3.35. The van der Waals surface area contributed by atoms with E-state index in [0.717, 1.165) is 18.1 Å². The van der Waals surface area contributed by atoms with E-state index in [2.05, 4.69) is 63.6 Å². The lowest BCUT2D eigenvalue weighted by atomic mass is 10.1. The SMILES string of the molecule is Cc1cnc2n1Cc1ccccc1-n1cccc1-2. The number of hydrogen-bond acceptors (Lipinski definition) is 1. The zero-order chi connectivity index (χ0) is 12.1. The Kier molecular flexibility index (Phi) is 1.81. The number of imidazole rings is 1. The summed E-state index contributed by atoms with van der Waals surface area (Å²) in [6, 6.07) is 12.7. The van der Waals surface area contributed by atoms with Crippen LogP contribution in [-0.4, -0.2) is 14.1 Å². The minimum absolute atomic E-state index is 0.888. The van der Waals surface area contributed by atoms with Gasteiger partial charge in [0.1, 0.15) is 0 Å². The highest BCUT2D eigenvalue weighted by Crippen LogP contribution is 2.30. The van der Waals surface area contributed by atoms with Crippen molar-refractivity contribution in [3.63, 3.8) is 0 Å². The van der Waals surface area contributed by atoms with Gasteiger partial charge in [0.25, 0.3) is 0 Å². The fourth-order valence-electron chi connectivity index (χ4n) is 2.69. The second-order valence-electron chi connectivity index (χ2n) is 4.70. The lowest BCUT2D eigenvalue weighted by Crippen LogP contribution is -2.02. The molecule has 0 saturated heterocycles. The first-order chi connectivity index (χ1) is 8.84. The Morgan fingerprint density at radius 3 is 2.94 bits per heavy atom. The zero-order valence-corrected chi connectivity index (χ0v) is 10.2. The highest BCUT2D eigenvalue weighted by atomic mass is 15.1. The van der Waals surface area contributed by atoms with Crippen molar-refractivity contribution in [3.05, 3.63) is 60.0 Å². The van der Waals surface area contributed by atoms with Crippen LogP contribution in [-0.2, 0) is 6.54 Å². The number of rotatable bonds is 0. The number of aryl methyl sites for hydroxylation is 1. The lowest BCUT2D eigenvalue weighted by molar-refractivity contribution is 0.785. The van der Waals surface area contributed by atoms with Crippen molar-refractivity contribution in [1.29, 1.82) is 0 Å². The Morgan fingerprint density at radius 1 is 1.11 bits per heavy atom. The molecule has 0 unspecified atom stereocenters. The second-order valence-corrected chi connectivity index (χ2v) is 4.70. The van der Waals surface area contributed by atoms with E-state index < -0.39 is 0 Å². The van der Waals surface area contributed by atoms with E-state index >= 15 is 0 Å². The molecule has 0 radical (unpaired) electrons. The van der Waals surface area contributed by atoms with Crippen LogP contribution < -0.4 is 0 Å². The number of aromatic nitrogens is 3. The molecule has 0 bridgehead atoms. The van der Waals surface area contributed by atoms with Crippen LogP contribution in [0, 0.1) is 6.92 Å². The van der Waals surface area contributed by atoms with Crippen molar-refractivity contribution in [3.8, 4) is 17.2 Å². The summed E-state index contributed by atoms with van der Waals surface area (Å²) >= 11 is 0. The maximum Gasteiger partial charge on any atom is 0.157 e. The van der Waals surface area contributed by atoms with Gasteiger partial charge in [0.05, 0.1) is 17.9 Å². The molecule has 0 N–H and O–H groups in total. The summed E-state index contributed by atoms with van der Waals surface area (Å²) in [6.45, 7) is 3.00. The van der Waals surface area contributed by atoms with Crippen LogP contribution in [0.5, 0.6) is 0 Å². The number of fused-ring (bicyclic) bond motifs is 5. The minimum Gasteiger partial charge on any atom is -0.323 e. The van der Waals surface area contributed by atoms with E-state index in [0.29, 0.717) is 0 Å². The Labute approximate surface area is 105 Å². The van der Waals surface area contributed by atoms with Crippen LogP contribution in [0.1, 0.15) is 11.3 Å². The van der Waals surface area contributed by atoms with Crippen LogP contribution >= 0.6 is 0 Å². The highest BCUT2D eigenvalue weighted by Gasteiger charge is 2.19. The van der Waals surface area contributed by atoms with Gasteiger partial charge in [-0.15, -0.1) is 0 Å². The molecule has 0 atom stereocenters. The van der Waals surface area contributed by atoms with Gasteiger partial charge >= 0.3 is 0 Å². The van der Waals surface area contributed by atoms with Crippen LogP contribution in [0.25, 0.3) is 17.2 Å². The molecule has 0 aliphatic carbocycles. The van der Waals surface area contributed by atoms with Gasteiger partial charge in [0, 0.05) is 18.1 Å². The normalized spacial score (nSPS) is 12.5. The first-order valence-corrected chi connectivity index (χ1v) is 6.13. The van der Waals surface area contributed by atoms with Crippen molar-refractivity contribution in [2.75, 3.05) is 0 Å². The topological polar surface area (TPSA) is 22.8 Å². The molecule has 0 fully saturated rings. The van der Waals surface area contributed by atoms with E-state index in [4.69, 9.17) is 0 Å². The predicted molar refractivity (Wildman–Crippen MR) is 70.8 cm³/mol. The van der Waals surface area contributed by atoms with Crippen LogP contribution in [0.4, 0.5) is 0 Å². The fraction of sp³-hybridized carbons (Fsp3) is 0.133. The molecule has 1 aliphatic heterocycles. The van der Waals surface area contributed by atoms with Gasteiger partial charge in [0.2, 0.25) is 0 Å². The molecule has 0 saturated carbocycles. The molecule has 3 aromatic rings. The van der Waals surface area contributed by atoms with Crippen molar-refractivity contribution >= 4 is 0 Å². The summed E-state index contributed by atoms with van der Waals surface area (Å²) in [5.41, 5.74) is 4.94. The third-order valence-electron chi connectivity index (χ3n) is 3.61. The molecule has 3 nitrogen and oxygen atoms in total. The number of benzene rings is 1. The van der Waals surface area contributed by atoms with E-state index in [1.807, 2.05) is 6.20 Å². The number of para-hydroxylation sites is 1. The zero-order valence-electron chi connectivity index (χ0n) is 10.2. The maximum atomic E-state index is 4.56. The summed E-state index contributed by atoms with van der Waals surface area (Å²) in [4.78, 5) is 4.56. The van der Waals surface area contributed by atoms with E-state index in [1.54, 1.807) is 0 Å². The van der Waals surface area contributed by atoms with Gasteiger partial charge in [-0.1, -0.05) is 18.2 Å². The quantitative estimate of drug-likeness (QED) is 0.459. The first kappa shape index (κ1) is 9.71. The molecular weight excluding hydrogens is 222 g/mol. The summed E-state index contributed by atoms with van der Waals surface area (Å²) in [5.74, 6) is 1.05. The summed E-state index contributed by atoms with van der Waals surface area (Å²) < 4.78 is 4.50. The van der Waals surface area contributed by atoms with E-state index in [9.17, 15) is 0 Å². The molecule has 18 heavy (non-hydrogen) atoms. The summed E-state index contributed by atoms with van der Waals surface area (Å²) in [5, 5.41) is 0. The third-order valence-corrected chi connectivity index (χ3v) is 3.61. The molecule has 1 aliphatic rings. The Bertz CT molecular complexity index is 734. The average Bonchev–Trinajstić information content (AvgIpc) is 2.96. The van der Waals surface area contributed by atoms with Gasteiger partial charge in [0.15, 0.2) is 5.82 Å². The van der Waals surface area contributed by atoms with Crippen molar-refractivity contribution in [1.82, 2.24) is 14.1 Å². The molecule has 0 spiro atoms. The Morgan fingerprint density at radius 2 is 2.00 bits per heavy atom. The number of nitrogens with zero attached hydrogens (tertiary/aromatic N) is 3. The van der Waals surface area contributed by atoms with Gasteiger partial charge in [-0.05, 0) is 30.7 Å². The van der Waals surface area contributed by atoms with Gasteiger partial charge in [-0.2, -0.15) is 0 Å². The average molecular weight is 235 g/mol. The largest absolute Gasteiger partial charge is 0.323 e. The molecule has 3 heterocycles. The van der Waals surface area contributed by atoms with Gasteiger partial charge in [-0.3, -0.25) is 0 Å². The van der Waals surface area contributed by atoms with E-state index in [-0.39, 0.29) is 0 Å². The molecule has 0 amide bonds. The molecule has 2 aromatic heterocycles. The molecule has 1 aromatic carbocycles. The van der Waals surface area contributed by atoms with Crippen molar-refractivity contribution in [2.24, 2.45) is 0 Å². The van der Waals surface area contributed by atoms with Crippen LogP contribution in [0.2, 0.25) is 0 Å². The van der Waals surface area contributed by atoms with Gasteiger partial charge in [-0.25, -0.2) is 4.98 Å². The predicted octanol–water partition coefficient (Wildman–Crippen LogP) is 3.01. The Balaban J connectivity index is 2.12. The monoisotopic (exact) mass is 235 g/mol. The fourth-order valence-corrected chi connectivity index (χ4v) is 2.69. The summed E-state index contributed by atoms with van der Waals surface area (Å²) in [6.07, 6.45) is 4.05. The highest BCUT2D eigenvalue weighted by molar-refractivity contribution is 5.60. The van der Waals surface area contributed by atoms with Crippen LogP contribution in [0.15, 0.2) is 48.8 Å². The minimum atomic E-state index is 0.888. The van der Waals surface area contributed by atoms with Crippen molar-refractivity contribution in [2.45, 2.75) is 13.5 Å². The van der Waals surface area contributed by atoms with Gasteiger partial charge < -0.3 is 9.13 Å². The standard InChI is InChI=1S/C15H13N3/c1-11-9-16-15-14-7-4-8-17(14)13-6-3-2-5-12(13)10-18(11)15/h2-9H,10H2,1H3. The smallest absolute Gasteiger partial charge is 0.157 e.